The number of pyridine rings is 1. The van der Waals surface area contributed by atoms with Crippen molar-refractivity contribution in [2.24, 2.45) is 0 Å². The Bertz CT molecular complexity index is 3100. The van der Waals surface area contributed by atoms with Crippen molar-refractivity contribution in [3.8, 4) is 44.6 Å². The molecule has 2 nitrogen and oxygen atoms in total. The SMILES string of the molecule is c1ccc(-c2ccccc2-c2cc3ccccc3nc2-c2ccccc2N(c2ccccc2)c2ccc3c(c2)C(c2ccccc2)(c2ccccc2)c2ccccc2-3)cc1. The van der Waals surface area contributed by atoms with Crippen molar-refractivity contribution in [1.29, 1.82) is 0 Å². The Kier molecular flexibility index (Phi) is 8.75. The standard InChI is InChI=1S/C58H40N2/c1-5-21-41(22-6-1)47-30-14-15-31-48(47)52-39-42-23-13-19-35-55(42)59-57(52)51-33-17-20-36-56(51)60(45-28-11-4-12-29-45)46-37-38-50-49-32-16-18-34-53(49)58(54(50)40-46,43-24-7-2-8-25-43)44-26-9-3-10-27-44/h1-40H. The Balaban J connectivity index is 1.18. The van der Waals surface area contributed by atoms with Gasteiger partial charge in [0, 0.05) is 27.9 Å². The Morgan fingerprint density at radius 2 is 0.867 bits per heavy atom. The van der Waals surface area contributed by atoms with E-state index in [4.69, 9.17) is 4.98 Å². The minimum absolute atomic E-state index is 0.527. The summed E-state index contributed by atoms with van der Waals surface area (Å²) in [6.45, 7) is 0. The van der Waals surface area contributed by atoms with Gasteiger partial charge >= 0.3 is 0 Å². The maximum Gasteiger partial charge on any atom is 0.0809 e. The molecule has 2 heteroatoms. The van der Waals surface area contributed by atoms with Crippen molar-refractivity contribution in [3.63, 3.8) is 0 Å². The van der Waals surface area contributed by atoms with Gasteiger partial charge in [-0.05, 0) is 92.5 Å². The highest BCUT2D eigenvalue weighted by Crippen LogP contribution is 2.57. The fourth-order valence-corrected chi connectivity index (χ4v) is 9.56. The topological polar surface area (TPSA) is 16.1 Å². The third-order valence-electron chi connectivity index (χ3n) is 12.1. The smallest absolute Gasteiger partial charge is 0.0809 e. The van der Waals surface area contributed by atoms with Crippen LogP contribution in [0.1, 0.15) is 22.3 Å². The van der Waals surface area contributed by atoms with Crippen LogP contribution in [0, 0.1) is 0 Å². The first-order valence-corrected chi connectivity index (χ1v) is 20.6. The van der Waals surface area contributed by atoms with Crippen LogP contribution >= 0.6 is 0 Å². The zero-order chi connectivity index (χ0) is 39.9. The van der Waals surface area contributed by atoms with E-state index in [-0.39, 0.29) is 0 Å². The van der Waals surface area contributed by atoms with Crippen LogP contribution < -0.4 is 4.90 Å². The maximum absolute atomic E-state index is 5.55. The van der Waals surface area contributed by atoms with Crippen LogP contribution in [-0.2, 0) is 5.41 Å². The molecule has 0 radical (unpaired) electrons. The summed E-state index contributed by atoms with van der Waals surface area (Å²) in [5.41, 5.74) is 17.7. The van der Waals surface area contributed by atoms with Crippen molar-refractivity contribution >= 4 is 28.0 Å². The van der Waals surface area contributed by atoms with Gasteiger partial charge in [0.05, 0.1) is 22.3 Å². The lowest BCUT2D eigenvalue weighted by Gasteiger charge is -2.35. The van der Waals surface area contributed by atoms with Gasteiger partial charge in [0.25, 0.3) is 0 Å². The number of benzene rings is 9. The fourth-order valence-electron chi connectivity index (χ4n) is 9.56. The minimum atomic E-state index is -0.527. The fraction of sp³-hybridized carbons (Fsp3) is 0.0172. The Morgan fingerprint density at radius 1 is 0.333 bits per heavy atom. The first-order chi connectivity index (χ1) is 29.8. The Labute approximate surface area is 351 Å². The highest BCUT2D eigenvalue weighted by Gasteiger charge is 2.46. The van der Waals surface area contributed by atoms with E-state index in [2.05, 4.69) is 248 Å². The third kappa shape index (κ3) is 5.76. The molecule has 0 atom stereocenters. The van der Waals surface area contributed by atoms with E-state index in [0.717, 1.165) is 50.3 Å². The van der Waals surface area contributed by atoms with Gasteiger partial charge in [-0.3, -0.25) is 0 Å². The average molecular weight is 765 g/mol. The summed E-state index contributed by atoms with van der Waals surface area (Å²) in [6.07, 6.45) is 0. The van der Waals surface area contributed by atoms with Gasteiger partial charge in [-0.25, -0.2) is 4.98 Å². The maximum atomic E-state index is 5.55. The molecule has 10 aromatic rings. The van der Waals surface area contributed by atoms with Crippen LogP contribution in [0.4, 0.5) is 17.1 Å². The molecule has 0 saturated carbocycles. The largest absolute Gasteiger partial charge is 0.310 e. The van der Waals surface area contributed by atoms with Crippen LogP contribution in [0.5, 0.6) is 0 Å². The quantitative estimate of drug-likeness (QED) is 0.153. The van der Waals surface area contributed by atoms with E-state index in [1.165, 1.54) is 44.5 Å². The van der Waals surface area contributed by atoms with Gasteiger partial charge in [-0.2, -0.15) is 0 Å². The van der Waals surface area contributed by atoms with Gasteiger partial charge in [0.2, 0.25) is 0 Å². The molecule has 0 unspecified atom stereocenters. The number of aromatic nitrogens is 1. The molecule has 0 amide bonds. The lowest BCUT2D eigenvalue weighted by atomic mass is 9.67. The second-order valence-electron chi connectivity index (χ2n) is 15.4. The summed E-state index contributed by atoms with van der Waals surface area (Å²) in [5.74, 6) is 0. The van der Waals surface area contributed by atoms with Crippen molar-refractivity contribution in [3.05, 3.63) is 265 Å². The zero-order valence-electron chi connectivity index (χ0n) is 33.0. The lowest BCUT2D eigenvalue weighted by Crippen LogP contribution is -2.28. The molecule has 282 valence electrons. The molecular formula is C58H40N2. The summed E-state index contributed by atoms with van der Waals surface area (Å²) in [4.78, 5) is 7.97. The molecular weight excluding hydrogens is 725 g/mol. The Morgan fingerprint density at radius 3 is 1.58 bits per heavy atom. The molecule has 0 aliphatic heterocycles. The van der Waals surface area contributed by atoms with Gasteiger partial charge in [-0.1, -0.05) is 200 Å². The molecule has 0 spiro atoms. The summed E-state index contributed by atoms with van der Waals surface area (Å²) in [6, 6.07) is 87.8. The van der Waals surface area contributed by atoms with Crippen LogP contribution in [0.2, 0.25) is 0 Å². The van der Waals surface area contributed by atoms with Gasteiger partial charge < -0.3 is 4.90 Å². The van der Waals surface area contributed by atoms with E-state index in [1.54, 1.807) is 0 Å². The molecule has 11 rings (SSSR count). The molecule has 0 bridgehead atoms. The zero-order valence-corrected chi connectivity index (χ0v) is 33.0. The molecule has 0 saturated heterocycles. The van der Waals surface area contributed by atoms with Crippen molar-refractivity contribution < 1.29 is 0 Å². The Hall–Kier alpha value is -7.81. The number of fused-ring (bicyclic) bond motifs is 4. The summed E-state index contributed by atoms with van der Waals surface area (Å²) in [7, 11) is 0. The molecule has 1 aliphatic rings. The number of hydrogen-bond donors (Lipinski definition) is 0. The van der Waals surface area contributed by atoms with Crippen molar-refractivity contribution in [2.75, 3.05) is 4.90 Å². The molecule has 1 heterocycles. The molecule has 1 aliphatic carbocycles. The molecule has 1 aromatic heterocycles. The highest BCUT2D eigenvalue weighted by atomic mass is 15.1. The number of nitrogens with zero attached hydrogens (tertiary/aromatic N) is 2. The normalized spacial score (nSPS) is 12.5. The van der Waals surface area contributed by atoms with E-state index in [0.29, 0.717) is 0 Å². The minimum Gasteiger partial charge on any atom is -0.310 e. The molecule has 60 heavy (non-hydrogen) atoms. The summed E-state index contributed by atoms with van der Waals surface area (Å²) < 4.78 is 0. The average Bonchev–Trinajstić information content (AvgIpc) is 3.63. The predicted molar refractivity (Wildman–Crippen MR) is 250 cm³/mol. The van der Waals surface area contributed by atoms with E-state index in [9.17, 15) is 0 Å². The van der Waals surface area contributed by atoms with E-state index < -0.39 is 5.41 Å². The van der Waals surface area contributed by atoms with Crippen LogP contribution in [0.25, 0.3) is 55.5 Å². The predicted octanol–water partition coefficient (Wildman–Crippen LogP) is 15.1. The van der Waals surface area contributed by atoms with Gasteiger partial charge in [-0.15, -0.1) is 0 Å². The first kappa shape index (κ1) is 35.4. The van der Waals surface area contributed by atoms with E-state index >= 15 is 0 Å². The molecule has 0 N–H and O–H groups in total. The van der Waals surface area contributed by atoms with E-state index in [1.807, 2.05) is 0 Å². The van der Waals surface area contributed by atoms with Gasteiger partial charge in [0.1, 0.15) is 0 Å². The second-order valence-corrected chi connectivity index (χ2v) is 15.4. The number of rotatable bonds is 8. The highest BCUT2D eigenvalue weighted by molar-refractivity contribution is 6.00. The summed E-state index contributed by atoms with van der Waals surface area (Å²) in [5, 5.41) is 1.10. The molecule has 9 aromatic carbocycles. The number of para-hydroxylation sites is 3. The van der Waals surface area contributed by atoms with Crippen molar-refractivity contribution in [2.45, 2.75) is 5.41 Å². The third-order valence-corrected chi connectivity index (χ3v) is 12.1. The van der Waals surface area contributed by atoms with Crippen LogP contribution in [0.15, 0.2) is 243 Å². The lowest BCUT2D eigenvalue weighted by molar-refractivity contribution is 0.768. The first-order valence-electron chi connectivity index (χ1n) is 20.6. The number of anilines is 3. The van der Waals surface area contributed by atoms with Gasteiger partial charge in [0.15, 0.2) is 0 Å². The monoisotopic (exact) mass is 764 g/mol. The molecule has 0 fully saturated rings. The summed E-state index contributed by atoms with van der Waals surface area (Å²) >= 11 is 0. The van der Waals surface area contributed by atoms with Crippen LogP contribution in [0.3, 0.4) is 0 Å². The second kappa shape index (κ2) is 14.8. The number of hydrogen-bond acceptors (Lipinski definition) is 2. The van der Waals surface area contributed by atoms with Crippen molar-refractivity contribution in [1.82, 2.24) is 4.98 Å². The van der Waals surface area contributed by atoms with Crippen LogP contribution in [-0.4, -0.2) is 4.98 Å².